The summed E-state index contributed by atoms with van der Waals surface area (Å²) in [7, 11) is 0. The van der Waals surface area contributed by atoms with Gasteiger partial charge in [0.25, 0.3) is 0 Å². The molecule has 0 spiro atoms. The average molecular weight is 240 g/mol. The number of ether oxygens (including phenoxy) is 2. The quantitative estimate of drug-likeness (QED) is 0.528. The van der Waals surface area contributed by atoms with E-state index in [2.05, 4.69) is 13.5 Å². The van der Waals surface area contributed by atoms with Gasteiger partial charge in [0.15, 0.2) is 0 Å². The molecule has 0 N–H and O–H groups in total. The molecule has 0 bridgehead atoms. The van der Waals surface area contributed by atoms with E-state index in [0.29, 0.717) is 30.8 Å². The zero-order valence-corrected chi connectivity index (χ0v) is 11.0. The summed E-state index contributed by atoms with van der Waals surface area (Å²) >= 11 is 0. The molecule has 3 nitrogen and oxygen atoms in total. The highest BCUT2D eigenvalue weighted by Crippen LogP contribution is 2.29. The van der Waals surface area contributed by atoms with Crippen molar-refractivity contribution in [2.45, 2.75) is 52.1 Å². The van der Waals surface area contributed by atoms with Crippen LogP contribution >= 0.6 is 0 Å². The van der Waals surface area contributed by atoms with Crippen LogP contribution in [-0.2, 0) is 14.3 Å². The molecule has 2 unspecified atom stereocenters. The summed E-state index contributed by atoms with van der Waals surface area (Å²) in [6.45, 7) is 8.40. The zero-order chi connectivity index (χ0) is 12.7. The summed E-state index contributed by atoms with van der Waals surface area (Å²) < 4.78 is 10.7. The van der Waals surface area contributed by atoms with Crippen LogP contribution in [0.3, 0.4) is 0 Å². The molecule has 0 aromatic carbocycles. The summed E-state index contributed by atoms with van der Waals surface area (Å²) in [5.41, 5.74) is 0.423. The molecule has 1 rings (SSSR count). The third-order valence-corrected chi connectivity index (χ3v) is 3.40. The molecule has 1 fully saturated rings. The summed E-state index contributed by atoms with van der Waals surface area (Å²) in [5.74, 6) is 0.301. The van der Waals surface area contributed by atoms with Crippen molar-refractivity contribution in [1.29, 1.82) is 0 Å². The molecular weight excluding hydrogens is 216 g/mol. The lowest BCUT2D eigenvalue weighted by Crippen LogP contribution is -2.28. The molecule has 0 saturated heterocycles. The Morgan fingerprint density at radius 2 is 2.00 bits per heavy atom. The number of rotatable bonds is 6. The maximum atomic E-state index is 11.4. The van der Waals surface area contributed by atoms with E-state index in [4.69, 9.17) is 9.47 Å². The van der Waals surface area contributed by atoms with E-state index in [-0.39, 0.29) is 5.97 Å². The Bertz CT molecular complexity index is 260. The normalized spacial score (nSPS) is 24.4. The van der Waals surface area contributed by atoms with Gasteiger partial charge in [0.1, 0.15) is 0 Å². The highest BCUT2D eigenvalue weighted by Gasteiger charge is 2.24. The second-order valence-electron chi connectivity index (χ2n) is 4.63. The van der Waals surface area contributed by atoms with Gasteiger partial charge in [0.05, 0.1) is 24.9 Å². The molecule has 0 amide bonds. The van der Waals surface area contributed by atoms with E-state index in [9.17, 15) is 4.79 Å². The highest BCUT2D eigenvalue weighted by atomic mass is 16.5. The Hall–Kier alpha value is -0.830. The fourth-order valence-corrected chi connectivity index (χ4v) is 2.36. The second kappa shape index (κ2) is 7.49. The molecule has 1 saturated carbocycles. The molecule has 0 aromatic heterocycles. The molecule has 17 heavy (non-hydrogen) atoms. The third kappa shape index (κ3) is 4.50. The van der Waals surface area contributed by atoms with E-state index >= 15 is 0 Å². The van der Waals surface area contributed by atoms with Crippen molar-refractivity contribution in [2.75, 3.05) is 13.2 Å². The van der Waals surface area contributed by atoms with Crippen molar-refractivity contribution in [3.63, 3.8) is 0 Å². The standard InChI is InChI=1S/C14H24O3/c1-4-12-8-6-7-9-13(12)17-10-11(3)14(15)16-5-2/h12-13H,3-10H2,1-2H3. The predicted octanol–water partition coefficient (Wildman–Crippen LogP) is 3.09. The monoisotopic (exact) mass is 240 g/mol. The van der Waals surface area contributed by atoms with Crippen molar-refractivity contribution in [2.24, 2.45) is 5.92 Å². The molecule has 0 aromatic rings. The van der Waals surface area contributed by atoms with Crippen LogP contribution in [0, 0.1) is 5.92 Å². The topological polar surface area (TPSA) is 35.5 Å². The van der Waals surface area contributed by atoms with Crippen LogP contribution in [-0.4, -0.2) is 25.3 Å². The van der Waals surface area contributed by atoms with Crippen LogP contribution < -0.4 is 0 Å². The van der Waals surface area contributed by atoms with Gasteiger partial charge >= 0.3 is 5.97 Å². The van der Waals surface area contributed by atoms with E-state index < -0.39 is 0 Å². The van der Waals surface area contributed by atoms with E-state index in [0.717, 1.165) is 12.8 Å². The smallest absolute Gasteiger partial charge is 0.335 e. The highest BCUT2D eigenvalue weighted by molar-refractivity contribution is 5.87. The molecule has 2 atom stereocenters. The minimum absolute atomic E-state index is 0.292. The lowest BCUT2D eigenvalue weighted by molar-refractivity contribution is -0.139. The van der Waals surface area contributed by atoms with Gasteiger partial charge in [-0.1, -0.05) is 32.8 Å². The van der Waals surface area contributed by atoms with Gasteiger partial charge in [-0.05, 0) is 25.7 Å². The SMILES string of the molecule is C=C(COC1CCCCC1CC)C(=O)OCC. The van der Waals surface area contributed by atoms with E-state index in [1.807, 2.05) is 0 Å². The number of hydrogen-bond donors (Lipinski definition) is 0. The van der Waals surface area contributed by atoms with Crippen LogP contribution in [0.5, 0.6) is 0 Å². The zero-order valence-electron chi connectivity index (χ0n) is 11.0. The lowest BCUT2D eigenvalue weighted by Gasteiger charge is -2.30. The molecular formula is C14H24O3. The van der Waals surface area contributed by atoms with Gasteiger partial charge in [-0.25, -0.2) is 4.79 Å². The average Bonchev–Trinajstić information content (AvgIpc) is 2.36. The van der Waals surface area contributed by atoms with Crippen molar-refractivity contribution >= 4 is 5.97 Å². The van der Waals surface area contributed by atoms with E-state index in [1.165, 1.54) is 19.3 Å². The van der Waals surface area contributed by atoms with Crippen LogP contribution in [0.2, 0.25) is 0 Å². The van der Waals surface area contributed by atoms with Crippen LogP contribution in [0.1, 0.15) is 46.0 Å². The van der Waals surface area contributed by atoms with Gasteiger partial charge in [-0.2, -0.15) is 0 Å². The first-order chi connectivity index (χ1) is 8.19. The molecule has 1 aliphatic rings. The number of esters is 1. The third-order valence-electron chi connectivity index (χ3n) is 3.40. The first-order valence-corrected chi connectivity index (χ1v) is 6.65. The van der Waals surface area contributed by atoms with Gasteiger partial charge in [0.2, 0.25) is 0 Å². The number of hydrogen-bond acceptors (Lipinski definition) is 3. The Kier molecular flexibility index (Phi) is 6.27. The Labute approximate surface area is 104 Å². The van der Waals surface area contributed by atoms with Crippen molar-refractivity contribution in [3.05, 3.63) is 12.2 Å². The number of carbonyl (C=O) groups is 1. The molecule has 98 valence electrons. The van der Waals surface area contributed by atoms with Crippen molar-refractivity contribution < 1.29 is 14.3 Å². The first-order valence-electron chi connectivity index (χ1n) is 6.65. The largest absolute Gasteiger partial charge is 0.463 e. The molecule has 0 aliphatic heterocycles. The predicted molar refractivity (Wildman–Crippen MR) is 67.8 cm³/mol. The second-order valence-corrected chi connectivity index (χ2v) is 4.63. The van der Waals surface area contributed by atoms with E-state index in [1.54, 1.807) is 6.92 Å². The fourth-order valence-electron chi connectivity index (χ4n) is 2.36. The van der Waals surface area contributed by atoms with Gasteiger partial charge in [-0.3, -0.25) is 0 Å². The molecule has 3 heteroatoms. The van der Waals surface area contributed by atoms with Crippen LogP contribution in [0.4, 0.5) is 0 Å². The van der Waals surface area contributed by atoms with Gasteiger partial charge < -0.3 is 9.47 Å². The summed E-state index contributed by atoms with van der Waals surface area (Å²) in [4.78, 5) is 11.4. The minimum Gasteiger partial charge on any atom is -0.463 e. The summed E-state index contributed by atoms with van der Waals surface area (Å²) in [5, 5.41) is 0. The fraction of sp³-hybridized carbons (Fsp3) is 0.786. The Morgan fingerprint density at radius 3 is 2.65 bits per heavy atom. The molecule has 1 aliphatic carbocycles. The lowest BCUT2D eigenvalue weighted by atomic mass is 9.85. The Balaban J connectivity index is 2.33. The van der Waals surface area contributed by atoms with Crippen molar-refractivity contribution in [1.82, 2.24) is 0 Å². The maximum Gasteiger partial charge on any atom is 0.335 e. The molecule has 0 radical (unpaired) electrons. The van der Waals surface area contributed by atoms with Crippen molar-refractivity contribution in [3.8, 4) is 0 Å². The first kappa shape index (κ1) is 14.2. The van der Waals surface area contributed by atoms with Crippen LogP contribution in [0.25, 0.3) is 0 Å². The van der Waals surface area contributed by atoms with Crippen LogP contribution in [0.15, 0.2) is 12.2 Å². The Morgan fingerprint density at radius 1 is 1.29 bits per heavy atom. The summed E-state index contributed by atoms with van der Waals surface area (Å²) in [6.07, 6.45) is 6.32. The molecule has 0 heterocycles. The van der Waals surface area contributed by atoms with Gasteiger partial charge in [0, 0.05) is 0 Å². The summed E-state index contributed by atoms with van der Waals surface area (Å²) in [6, 6.07) is 0. The van der Waals surface area contributed by atoms with Gasteiger partial charge in [-0.15, -0.1) is 0 Å². The maximum absolute atomic E-state index is 11.4. The number of carbonyl (C=O) groups excluding carboxylic acids is 1. The minimum atomic E-state index is -0.337.